The molecule has 0 fully saturated rings. The van der Waals surface area contributed by atoms with Crippen LogP contribution in [-0.2, 0) is 16.4 Å². The molecule has 6 nitrogen and oxygen atoms in total. The Labute approximate surface area is 164 Å². The second-order valence-electron chi connectivity index (χ2n) is 6.26. The van der Waals surface area contributed by atoms with Crippen LogP contribution in [0.5, 0.6) is 11.5 Å². The molecule has 0 saturated carbocycles. The number of hydrogen-bond acceptors (Lipinski definition) is 5. The maximum atomic E-state index is 12.8. The number of hydrogen-bond donors (Lipinski definition) is 0. The fourth-order valence-corrected chi connectivity index (χ4v) is 3.86. The van der Waals surface area contributed by atoms with Crippen LogP contribution in [0.2, 0.25) is 0 Å². The van der Waals surface area contributed by atoms with Crippen molar-refractivity contribution in [2.45, 2.75) is 23.9 Å². The third-order valence-electron chi connectivity index (χ3n) is 4.50. The largest absolute Gasteiger partial charge is 0.501 e. The fraction of sp³-hybridized carbons (Fsp3) is 0.211. The highest BCUT2D eigenvalue weighted by Gasteiger charge is 2.47. The quantitative estimate of drug-likeness (QED) is 0.626. The maximum Gasteiger partial charge on any atom is 0.501 e. The molecular formula is C19H15F3N2O4S. The molecule has 0 spiro atoms. The van der Waals surface area contributed by atoms with Gasteiger partial charge in [0.05, 0.1) is 15.9 Å². The monoisotopic (exact) mass is 424 g/mol. The lowest BCUT2D eigenvalue weighted by molar-refractivity contribution is -0.0435. The van der Waals surface area contributed by atoms with Gasteiger partial charge in [-0.1, -0.05) is 12.1 Å². The molecule has 1 aliphatic rings. The van der Waals surface area contributed by atoms with Gasteiger partial charge in [0.1, 0.15) is 5.82 Å². The highest BCUT2D eigenvalue weighted by atomic mass is 32.2. The number of nitrogens with zero attached hydrogens (tertiary/aromatic N) is 2. The van der Waals surface area contributed by atoms with Crippen LogP contribution in [-0.4, -0.2) is 30.3 Å². The van der Waals surface area contributed by atoms with Crippen molar-refractivity contribution >= 4 is 33.0 Å². The molecule has 0 atom stereocenters. The van der Waals surface area contributed by atoms with Gasteiger partial charge in [-0.3, -0.25) is 0 Å². The predicted octanol–water partition coefficient (Wildman–Crippen LogP) is 4.25. The molecule has 0 bridgehead atoms. The van der Waals surface area contributed by atoms with Crippen LogP contribution < -0.4 is 9.47 Å². The molecule has 0 aliphatic carbocycles. The van der Waals surface area contributed by atoms with Crippen LogP contribution in [0, 0.1) is 0 Å². The number of aryl methyl sites for hydroxylation is 1. The Morgan fingerprint density at radius 3 is 2.59 bits per heavy atom. The number of halogens is 3. The topological polar surface area (TPSA) is 70.4 Å². The molecule has 0 N–H and O–H groups in total. The summed E-state index contributed by atoms with van der Waals surface area (Å²) in [5.74, 6) is 1.77. The van der Waals surface area contributed by atoms with E-state index in [1.165, 1.54) is 6.07 Å². The van der Waals surface area contributed by atoms with Crippen molar-refractivity contribution in [3.05, 3.63) is 47.8 Å². The summed E-state index contributed by atoms with van der Waals surface area (Å²) in [7, 11) is -5.43. The number of fused-ring (bicyclic) bond motifs is 2. The molecule has 3 aromatic rings. The first-order chi connectivity index (χ1) is 13.7. The van der Waals surface area contributed by atoms with Gasteiger partial charge in [-0.05, 0) is 48.9 Å². The highest BCUT2D eigenvalue weighted by Crippen LogP contribution is 2.34. The first-order valence-corrected chi connectivity index (χ1v) is 10.1. The van der Waals surface area contributed by atoms with Crippen molar-refractivity contribution in [3.8, 4) is 11.5 Å². The minimum absolute atomic E-state index is 0.164. The van der Waals surface area contributed by atoms with E-state index in [1.807, 2.05) is 13.0 Å². The molecule has 0 unspecified atom stereocenters. The predicted molar refractivity (Wildman–Crippen MR) is 100 cm³/mol. The van der Waals surface area contributed by atoms with Gasteiger partial charge < -0.3 is 14.0 Å². The van der Waals surface area contributed by atoms with E-state index >= 15 is 0 Å². The van der Waals surface area contributed by atoms with Crippen LogP contribution in [0.3, 0.4) is 0 Å². The summed E-state index contributed by atoms with van der Waals surface area (Å²) in [6.07, 6.45) is 3.49. The molecule has 2 aromatic carbocycles. The van der Waals surface area contributed by atoms with E-state index in [4.69, 9.17) is 9.47 Å². The van der Waals surface area contributed by atoms with Gasteiger partial charge in [0.2, 0.25) is 6.79 Å². The van der Waals surface area contributed by atoms with Gasteiger partial charge in [-0.25, -0.2) is 13.4 Å². The molecule has 2 heterocycles. The number of ether oxygens (including phenoxy) is 2. The van der Waals surface area contributed by atoms with Gasteiger partial charge >= 0.3 is 5.51 Å². The second kappa shape index (κ2) is 6.80. The Bertz CT molecular complexity index is 1230. The van der Waals surface area contributed by atoms with E-state index in [0.29, 0.717) is 29.4 Å². The first-order valence-electron chi connectivity index (χ1n) is 8.60. The van der Waals surface area contributed by atoms with Crippen LogP contribution in [0.4, 0.5) is 13.2 Å². The molecule has 4 rings (SSSR count). The van der Waals surface area contributed by atoms with Gasteiger partial charge in [-0.2, -0.15) is 13.2 Å². The van der Waals surface area contributed by atoms with Crippen molar-refractivity contribution in [1.29, 1.82) is 0 Å². The second-order valence-corrected chi connectivity index (χ2v) is 8.20. The van der Waals surface area contributed by atoms with E-state index < -0.39 is 20.2 Å². The molecule has 1 aliphatic heterocycles. The lowest BCUT2D eigenvalue weighted by atomic mass is 10.2. The molecule has 29 heavy (non-hydrogen) atoms. The van der Waals surface area contributed by atoms with Crippen molar-refractivity contribution in [2.75, 3.05) is 6.79 Å². The van der Waals surface area contributed by atoms with Crippen LogP contribution in [0.25, 0.3) is 23.2 Å². The highest BCUT2D eigenvalue weighted by molar-refractivity contribution is 7.92. The van der Waals surface area contributed by atoms with Gasteiger partial charge in [-0.15, -0.1) is 0 Å². The van der Waals surface area contributed by atoms with Crippen LogP contribution in [0.15, 0.2) is 41.3 Å². The summed E-state index contributed by atoms with van der Waals surface area (Å²) < 4.78 is 74.2. The summed E-state index contributed by atoms with van der Waals surface area (Å²) in [5.41, 5.74) is -3.83. The van der Waals surface area contributed by atoms with Gasteiger partial charge in [0.15, 0.2) is 11.5 Å². The van der Waals surface area contributed by atoms with Crippen LogP contribution >= 0.6 is 0 Å². The Kier molecular flexibility index (Phi) is 4.53. The molecule has 0 saturated heterocycles. The number of imidazole rings is 1. The number of sulfone groups is 1. The number of rotatable bonds is 4. The molecule has 0 radical (unpaired) electrons. The Morgan fingerprint density at radius 2 is 1.86 bits per heavy atom. The van der Waals surface area contributed by atoms with Crippen molar-refractivity contribution in [2.24, 2.45) is 0 Å². The lowest BCUT2D eigenvalue weighted by Crippen LogP contribution is -2.23. The van der Waals surface area contributed by atoms with E-state index in [2.05, 4.69) is 4.98 Å². The van der Waals surface area contributed by atoms with Crippen molar-refractivity contribution in [3.63, 3.8) is 0 Å². The molecule has 1 aromatic heterocycles. The average Bonchev–Trinajstić information content (AvgIpc) is 3.27. The normalized spacial score (nSPS) is 14.2. The molecule has 0 amide bonds. The van der Waals surface area contributed by atoms with Gasteiger partial charge in [0.25, 0.3) is 9.84 Å². The Balaban J connectivity index is 1.73. The molecule has 152 valence electrons. The minimum atomic E-state index is -5.43. The molecular weight excluding hydrogens is 409 g/mol. The lowest BCUT2D eigenvalue weighted by Gasteiger charge is -2.08. The standard InChI is InChI=1S/C19H15F3N2O4S/c1-2-24-15-6-5-13(29(25,26)19(20,21)22)10-14(15)23-18(24)8-4-12-3-7-16-17(9-12)28-11-27-16/h3-10H,2,11H2,1H3/b8-4+. The average molecular weight is 424 g/mol. The zero-order valence-corrected chi connectivity index (χ0v) is 15.9. The number of alkyl halides is 3. The smallest absolute Gasteiger partial charge is 0.454 e. The Morgan fingerprint density at radius 1 is 1.10 bits per heavy atom. The number of aromatic nitrogens is 2. The third-order valence-corrected chi connectivity index (χ3v) is 5.99. The van der Waals surface area contributed by atoms with E-state index in [9.17, 15) is 21.6 Å². The zero-order chi connectivity index (χ0) is 20.8. The summed E-state index contributed by atoms with van der Waals surface area (Å²) in [6.45, 7) is 2.53. The summed E-state index contributed by atoms with van der Waals surface area (Å²) >= 11 is 0. The fourth-order valence-electron chi connectivity index (χ4n) is 3.08. The van der Waals surface area contributed by atoms with Gasteiger partial charge in [0, 0.05) is 6.54 Å². The summed E-state index contributed by atoms with van der Waals surface area (Å²) in [4.78, 5) is 3.49. The van der Waals surface area contributed by atoms with Crippen LogP contribution in [0.1, 0.15) is 18.3 Å². The number of benzene rings is 2. The van der Waals surface area contributed by atoms with Crippen molar-refractivity contribution in [1.82, 2.24) is 9.55 Å². The minimum Gasteiger partial charge on any atom is -0.454 e. The van der Waals surface area contributed by atoms with E-state index in [-0.39, 0.29) is 12.3 Å². The maximum absolute atomic E-state index is 12.8. The van der Waals surface area contributed by atoms with E-state index in [0.717, 1.165) is 17.7 Å². The first kappa shape index (κ1) is 19.3. The third kappa shape index (κ3) is 3.33. The SMILES string of the molecule is CCn1c(/C=C/c2ccc3c(c2)OCO3)nc2cc(S(=O)(=O)C(F)(F)F)ccc21. The zero-order valence-electron chi connectivity index (χ0n) is 15.1. The summed E-state index contributed by atoms with van der Waals surface area (Å²) in [5, 5.41) is 0. The Hall–Kier alpha value is -3.01. The van der Waals surface area contributed by atoms with E-state index in [1.54, 1.807) is 28.9 Å². The molecule has 10 heteroatoms. The summed E-state index contributed by atoms with van der Waals surface area (Å²) in [6, 6.07) is 8.64. The van der Waals surface area contributed by atoms with Crippen molar-refractivity contribution < 1.29 is 31.1 Å².